The van der Waals surface area contributed by atoms with Crippen molar-refractivity contribution in [1.82, 2.24) is 10.1 Å². The van der Waals surface area contributed by atoms with Gasteiger partial charge in [0.25, 0.3) is 0 Å². The molecule has 0 radical (unpaired) electrons. The number of nitrogens with zero attached hydrogens (tertiary/aromatic N) is 2. The van der Waals surface area contributed by atoms with Gasteiger partial charge < -0.3 is 14.0 Å². The van der Waals surface area contributed by atoms with Crippen molar-refractivity contribution in [3.8, 4) is 0 Å². The molecule has 0 amide bonds. The molecule has 2 heterocycles. The van der Waals surface area contributed by atoms with Crippen molar-refractivity contribution in [2.75, 3.05) is 20.3 Å². The zero-order valence-corrected chi connectivity index (χ0v) is 10.8. The topological polar surface area (TPSA) is 47.7 Å². The van der Waals surface area contributed by atoms with E-state index in [0.717, 1.165) is 51.0 Å². The van der Waals surface area contributed by atoms with Crippen LogP contribution < -0.4 is 0 Å². The second-order valence-corrected chi connectivity index (χ2v) is 5.29. The summed E-state index contributed by atoms with van der Waals surface area (Å²) in [5.41, 5.74) is 1.13. The number of hydrogen-bond donors (Lipinski definition) is 0. The molecule has 0 N–H and O–H groups in total. The Kier molecular flexibility index (Phi) is 3.37. The molecule has 100 valence electrons. The lowest BCUT2D eigenvalue weighted by Crippen LogP contribution is -2.42. The third kappa shape index (κ3) is 2.43. The van der Waals surface area contributed by atoms with Crippen molar-refractivity contribution < 1.29 is 14.0 Å². The summed E-state index contributed by atoms with van der Waals surface area (Å²) in [7, 11) is 2.16. The summed E-state index contributed by atoms with van der Waals surface area (Å²) < 4.78 is 16.4. The van der Waals surface area contributed by atoms with Crippen LogP contribution in [0.15, 0.2) is 17.0 Å². The lowest BCUT2D eigenvalue weighted by Gasteiger charge is -2.38. The Balaban J connectivity index is 1.52. The molecule has 0 aromatic carbocycles. The van der Waals surface area contributed by atoms with Gasteiger partial charge in [-0.15, -0.1) is 0 Å². The number of aromatic nitrogens is 1. The molecule has 1 spiro atoms. The van der Waals surface area contributed by atoms with Crippen molar-refractivity contribution >= 4 is 0 Å². The third-order valence-corrected chi connectivity index (χ3v) is 4.07. The average molecular weight is 252 g/mol. The molecular weight excluding hydrogens is 232 g/mol. The van der Waals surface area contributed by atoms with Crippen molar-refractivity contribution in [2.24, 2.45) is 0 Å². The van der Waals surface area contributed by atoms with E-state index in [-0.39, 0.29) is 5.79 Å². The fraction of sp³-hybridized carbons (Fsp3) is 0.769. The first-order valence-electron chi connectivity index (χ1n) is 6.64. The Hall–Kier alpha value is -0.910. The molecule has 5 nitrogen and oxygen atoms in total. The maximum atomic E-state index is 5.75. The Morgan fingerprint density at radius 1 is 1.33 bits per heavy atom. The highest BCUT2D eigenvalue weighted by molar-refractivity contribution is 5.00. The van der Waals surface area contributed by atoms with E-state index in [0.29, 0.717) is 6.04 Å². The van der Waals surface area contributed by atoms with E-state index >= 15 is 0 Å². The highest BCUT2D eigenvalue weighted by Gasteiger charge is 2.40. The first-order chi connectivity index (χ1) is 8.77. The first-order valence-corrected chi connectivity index (χ1v) is 6.64. The summed E-state index contributed by atoms with van der Waals surface area (Å²) >= 11 is 0. The predicted octanol–water partition coefficient (Wildman–Crippen LogP) is 1.79. The Labute approximate surface area is 107 Å². The summed E-state index contributed by atoms with van der Waals surface area (Å²) in [6, 6.07) is 0.596. The maximum absolute atomic E-state index is 5.75. The van der Waals surface area contributed by atoms with Gasteiger partial charge in [0.15, 0.2) is 5.79 Å². The van der Waals surface area contributed by atoms with Crippen LogP contribution in [0.5, 0.6) is 0 Å². The van der Waals surface area contributed by atoms with Crippen molar-refractivity contribution in [3.05, 3.63) is 18.0 Å². The second kappa shape index (κ2) is 4.99. The van der Waals surface area contributed by atoms with Gasteiger partial charge in [0.2, 0.25) is 0 Å². The summed E-state index contributed by atoms with van der Waals surface area (Å²) in [5, 5.41) is 3.74. The molecule has 1 saturated carbocycles. The van der Waals surface area contributed by atoms with Crippen molar-refractivity contribution in [1.29, 1.82) is 0 Å². The normalized spacial score (nSPS) is 24.1. The van der Waals surface area contributed by atoms with E-state index in [9.17, 15) is 0 Å². The quantitative estimate of drug-likeness (QED) is 0.820. The van der Waals surface area contributed by atoms with Crippen LogP contribution in [0.2, 0.25) is 0 Å². The smallest absolute Gasteiger partial charge is 0.168 e. The molecule has 5 heteroatoms. The van der Waals surface area contributed by atoms with Gasteiger partial charge in [0.05, 0.1) is 19.4 Å². The van der Waals surface area contributed by atoms with Gasteiger partial charge in [0, 0.05) is 31.0 Å². The van der Waals surface area contributed by atoms with E-state index in [1.807, 2.05) is 0 Å². The van der Waals surface area contributed by atoms with Gasteiger partial charge in [-0.25, -0.2) is 0 Å². The summed E-state index contributed by atoms with van der Waals surface area (Å²) in [6.07, 6.45) is 7.76. The second-order valence-electron chi connectivity index (χ2n) is 5.29. The molecule has 2 aliphatic rings. The van der Waals surface area contributed by atoms with Crippen LogP contribution in [0, 0.1) is 0 Å². The minimum Gasteiger partial charge on any atom is -0.364 e. The van der Waals surface area contributed by atoms with Gasteiger partial charge in [-0.3, -0.25) is 4.90 Å². The molecule has 3 rings (SSSR count). The van der Waals surface area contributed by atoms with Gasteiger partial charge in [0.1, 0.15) is 6.26 Å². The third-order valence-electron chi connectivity index (χ3n) is 4.07. The Morgan fingerprint density at radius 3 is 2.67 bits per heavy atom. The summed E-state index contributed by atoms with van der Waals surface area (Å²) in [5.74, 6) is -0.255. The monoisotopic (exact) mass is 252 g/mol. The van der Waals surface area contributed by atoms with Gasteiger partial charge in [-0.1, -0.05) is 5.16 Å². The summed E-state index contributed by atoms with van der Waals surface area (Å²) in [6.45, 7) is 2.39. The number of ether oxygens (including phenoxy) is 2. The van der Waals surface area contributed by atoms with Crippen LogP contribution in [0.4, 0.5) is 0 Å². The van der Waals surface area contributed by atoms with E-state index < -0.39 is 0 Å². The zero-order valence-electron chi connectivity index (χ0n) is 10.8. The molecular formula is C13H20N2O3. The van der Waals surface area contributed by atoms with Crippen LogP contribution >= 0.6 is 0 Å². The molecule has 1 aliphatic heterocycles. The van der Waals surface area contributed by atoms with Crippen LogP contribution in [-0.2, 0) is 16.0 Å². The summed E-state index contributed by atoms with van der Waals surface area (Å²) in [4.78, 5) is 2.37. The van der Waals surface area contributed by atoms with Crippen LogP contribution in [0.1, 0.15) is 31.2 Å². The van der Waals surface area contributed by atoms with E-state index in [1.54, 1.807) is 12.5 Å². The van der Waals surface area contributed by atoms with Gasteiger partial charge in [-0.05, 0) is 19.9 Å². The zero-order chi connectivity index (χ0) is 12.4. The van der Waals surface area contributed by atoms with Crippen LogP contribution in [0.3, 0.4) is 0 Å². The van der Waals surface area contributed by atoms with Gasteiger partial charge in [-0.2, -0.15) is 0 Å². The minimum atomic E-state index is -0.255. The average Bonchev–Trinajstić information content (AvgIpc) is 3.03. The minimum absolute atomic E-state index is 0.255. The fourth-order valence-electron chi connectivity index (χ4n) is 2.99. The molecule has 0 unspecified atom stereocenters. The first kappa shape index (κ1) is 12.1. The molecule has 1 aliphatic carbocycles. The van der Waals surface area contributed by atoms with Crippen molar-refractivity contribution in [3.63, 3.8) is 0 Å². The van der Waals surface area contributed by atoms with Gasteiger partial charge >= 0.3 is 0 Å². The Morgan fingerprint density at radius 2 is 2.06 bits per heavy atom. The molecule has 1 aromatic rings. The number of hydrogen-bond acceptors (Lipinski definition) is 5. The SMILES string of the molecule is CN(Cc1cnoc1)C1CCC2(CC1)OCCO2. The predicted molar refractivity (Wildman–Crippen MR) is 64.9 cm³/mol. The largest absolute Gasteiger partial charge is 0.364 e. The van der Waals surface area contributed by atoms with Crippen LogP contribution in [-0.4, -0.2) is 42.1 Å². The lowest BCUT2D eigenvalue weighted by molar-refractivity contribution is -0.183. The van der Waals surface area contributed by atoms with E-state index in [2.05, 4.69) is 17.1 Å². The number of rotatable bonds is 3. The fourth-order valence-corrected chi connectivity index (χ4v) is 2.99. The molecule has 1 aromatic heterocycles. The lowest BCUT2D eigenvalue weighted by atomic mass is 9.89. The van der Waals surface area contributed by atoms with E-state index in [1.165, 1.54) is 0 Å². The van der Waals surface area contributed by atoms with E-state index in [4.69, 9.17) is 14.0 Å². The highest BCUT2D eigenvalue weighted by atomic mass is 16.7. The molecule has 2 fully saturated rings. The maximum Gasteiger partial charge on any atom is 0.168 e. The van der Waals surface area contributed by atoms with Crippen LogP contribution in [0.25, 0.3) is 0 Å². The standard InChI is InChI=1S/C13H20N2O3/c1-15(9-11-8-14-18-10-11)12-2-4-13(5-3-12)16-6-7-17-13/h8,10,12H,2-7,9H2,1H3. The molecule has 0 bridgehead atoms. The van der Waals surface area contributed by atoms with Crippen molar-refractivity contribution in [2.45, 2.75) is 44.1 Å². The Bertz CT molecular complexity index is 364. The molecule has 0 atom stereocenters. The highest BCUT2D eigenvalue weighted by Crippen LogP contribution is 2.37. The molecule has 18 heavy (non-hydrogen) atoms. The molecule has 1 saturated heterocycles.